The summed E-state index contributed by atoms with van der Waals surface area (Å²) >= 11 is 0. The van der Waals surface area contributed by atoms with Crippen molar-refractivity contribution in [3.05, 3.63) is 12.4 Å². The van der Waals surface area contributed by atoms with Crippen LogP contribution in [-0.4, -0.2) is 91.8 Å². The molecule has 23 heavy (non-hydrogen) atoms. The van der Waals surface area contributed by atoms with Crippen LogP contribution < -0.4 is 9.64 Å². The highest BCUT2D eigenvalue weighted by Crippen LogP contribution is 2.17. The third-order valence-corrected chi connectivity index (χ3v) is 4.26. The first-order valence-corrected chi connectivity index (χ1v) is 7.95. The lowest BCUT2D eigenvalue weighted by atomic mass is 10.3. The summed E-state index contributed by atoms with van der Waals surface area (Å²) in [6.45, 7) is 6.59. The van der Waals surface area contributed by atoms with Gasteiger partial charge in [0.2, 0.25) is 11.8 Å². The fourth-order valence-corrected chi connectivity index (χ4v) is 2.85. The van der Waals surface area contributed by atoms with E-state index in [1.807, 2.05) is 11.0 Å². The molecule has 0 atom stereocenters. The van der Waals surface area contributed by atoms with Crippen LogP contribution in [0.5, 0.6) is 5.88 Å². The second-order valence-corrected chi connectivity index (χ2v) is 5.67. The number of piperazine rings is 1. The van der Waals surface area contributed by atoms with E-state index in [0.717, 1.165) is 32.0 Å². The van der Waals surface area contributed by atoms with E-state index in [0.29, 0.717) is 38.7 Å². The highest BCUT2D eigenvalue weighted by atomic mass is 16.5. The Balaban J connectivity index is 1.49. The summed E-state index contributed by atoms with van der Waals surface area (Å²) in [5.74, 6) is 1.64. The first-order chi connectivity index (χ1) is 11.3. The number of nitrogens with zero attached hydrogens (tertiary/aromatic N) is 5. The molecule has 1 amide bonds. The van der Waals surface area contributed by atoms with E-state index in [4.69, 9.17) is 9.47 Å². The van der Waals surface area contributed by atoms with Crippen molar-refractivity contribution in [2.45, 2.75) is 0 Å². The van der Waals surface area contributed by atoms with E-state index in [2.05, 4.69) is 19.8 Å². The Hall–Kier alpha value is -1.93. The molecule has 3 heterocycles. The average molecular weight is 321 g/mol. The van der Waals surface area contributed by atoms with Crippen molar-refractivity contribution < 1.29 is 14.3 Å². The normalized spacial score (nSPS) is 19.7. The quantitative estimate of drug-likeness (QED) is 0.738. The number of ether oxygens (including phenoxy) is 2. The molecule has 2 aliphatic rings. The fraction of sp³-hybridized carbons (Fsp3) is 0.667. The predicted molar refractivity (Wildman–Crippen MR) is 84.6 cm³/mol. The number of morpholine rings is 1. The molecule has 3 rings (SSSR count). The zero-order chi connectivity index (χ0) is 16.1. The van der Waals surface area contributed by atoms with E-state index < -0.39 is 0 Å². The summed E-state index contributed by atoms with van der Waals surface area (Å²) in [6, 6.07) is 1.84. The topological polar surface area (TPSA) is 71.0 Å². The highest BCUT2D eigenvalue weighted by Gasteiger charge is 2.23. The monoisotopic (exact) mass is 321 g/mol. The molecule has 0 saturated carbocycles. The van der Waals surface area contributed by atoms with Crippen molar-refractivity contribution in [1.82, 2.24) is 19.8 Å². The van der Waals surface area contributed by atoms with Crippen LogP contribution in [0.2, 0.25) is 0 Å². The van der Waals surface area contributed by atoms with E-state index in [9.17, 15) is 4.79 Å². The molecule has 0 unspecified atom stereocenters. The Morgan fingerprint density at radius 3 is 2.61 bits per heavy atom. The van der Waals surface area contributed by atoms with Gasteiger partial charge in [-0.2, -0.15) is 0 Å². The molecule has 2 aliphatic heterocycles. The Kier molecular flexibility index (Phi) is 5.24. The number of aromatic nitrogens is 2. The van der Waals surface area contributed by atoms with Crippen LogP contribution in [0, 0.1) is 0 Å². The van der Waals surface area contributed by atoms with Gasteiger partial charge in [0.15, 0.2) is 0 Å². The summed E-state index contributed by atoms with van der Waals surface area (Å²) in [6.07, 6.45) is 1.52. The Labute approximate surface area is 136 Å². The molecule has 0 radical (unpaired) electrons. The van der Waals surface area contributed by atoms with Gasteiger partial charge in [-0.3, -0.25) is 9.69 Å². The summed E-state index contributed by atoms with van der Waals surface area (Å²) in [5.41, 5.74) is 0. The smallest absolute Gasteiger partial charge is 0.236 e. The van der Waals surface area contributed by atoms with Gasteiger partial charge in [0.1, 0.15) is 12.1 Å². The molecular weight excluding hydrogens is 298 g/mol. The van der Waals surface area contributed by atoms with Crippen LogP contribution in [0.15, 0.2) is 12.4 Å². The van der Waals surface area contributed by atoms with Crippen LogP contribution in [0.1, 0.15) is 0 Å². The minimum Gasteiger partial charge on any atom is -0.481 e. The zero-order valence-electron chi connectivity index (χ0n) is 13.5. The first kappa shape index (κ1) is 15.9. The molecule has 0 aliphatic carbocycles. The van der Waals surface area contributed by atoms with Crippen molar-refractivity contribution in [3.63, 3.8) is 0 Å². The number of methoxy groups -OCH3 is 1. The van der Waals surface area contributed by atoms with Gasteiger partial charge in [0.25, 0.3) is 0 Å². The van der Waals surface area contributed by atoms with Gasteiger partial charge >= 0.3 is 0 Å². The summed E-state index contributed by atoms with van der Waals surface area (Å²) in [7, 11) is 1.60. The molecule has 8 heteroatoms. The molecule has 0 spiro atoms. The second kappa shape index (κ2) is 7.56. The molecule has 0 bridgehead atoms. The van der Waals surface area contributed by atoms with Gasteiger partial charge < -0.3 is 19.3 Å². The largest absolute Gasteiger partial charge is 0.481 e. The molecule has 8 nitrogen and oxygen atoms in total. The standard InChI is InChI=1S/C15H23N5O3/c1-22-14-10-13(16-12-17-14)19-4-2-18(3-5-19)11-15(21)20-6-8-23-9-7-20/h10,12H,2-9,11H2,1H3. The molecule has 2 fully saturated rings. The fourth-order valence-electron chi connectivity index (χ4n) is 2.85. The van der Waals surface area contributed by atoms with Gasteiger partial charge in [-0.05, 0) is 0 Å². The maximum absolute atomic E-state index is 12.3. The second-order valence-electron chi connectivity index (χ2n) is 5.67. The number of anilines is 1. The van der Waals surface area contributed by atoms with E-state index in [1.54, 1.807) is 7.11 Å². The third-order valence-electron chi connectivity index (χ3n) is 4.26. The molecule has 0 N–H and O–H groups in total. The Bertz CT molecular complexity index is 528. The van der Waals surface area contributed by atoms with Gasteiger partial charge in [-0.1, -0.05) is 0 Å². The van der Waals surface area contributed by atoms with E-state index >= 15 is 0 Å². The highest BCUT2D eigenvalue weighted by molar-refractivity contribution is 5.78. The van der Waals surface area contributed by atoms with E-state index in [-0.39, 0.29) is 5.91 Å². The van der Waals surface area contributed by atoms with Gasteiger partial charge in [-0.15, -0.1) is 0 Å². The summed E-state index contributed by atoms with van der Waals surface area (Å²) in [4.78, 5) is 26.9. The molecule has 0 aromatic carbocycles. The van der Waals surface area contributed by atoms with Crippen molar-refractivity contribution in [1.29, 1.82) is 0 Å². The summed E-state index contributed by atoms with van der Waals surface area (Å²) < 4.78 is 10.4. The minimum atomic E-state index is 0.199. The van der Waals surface area contributed by atoms with Gasteiger partial charge in [0.05, 0.1) is 26.9 Å². The number of hydrogen-bond donors (Lipinski definition) is 0. The molecule has 1 aromatic rings. The minimum absolute atomic E-state index is 0.199. The van der Waals surface area contributed by atoms with Crippen molar-refractivity contribution in [3.8, 4) is 5.88 Å². The van der Waals surface area contributed by atoms with Crippen molar-refractivity contribution in [2.24, 2.45) is 0 Å². The Morgan fingerprint density at radius 1 is 1.17 bits per heavy atom. The summed E-state index contributed by atoms with van der Waals surface area (Å²) in [5, 5.41) is 0. The average Bonchev–Trinajstić information content (AvgIpc) is 2.63. The van der Waals surface area contributed by atoms with Crippen LogP contribution in [0.25, 0.3) is 0 Å². The van der Waals surface area contributed by atoms with Crippen molar-refractivity contribution >= 4 is 11.7 Å². The lowest BCUT2D eigenvalue weighted by Crippen LogP contribution is -2.51. The number of hydrogen-bond acceptors (Lipinski definition) is 7. The predicted octanol–water partition coefficient (Wildman–Crippen LogP) is -0.534. The molecular formula is C15H23N5O3. The first-order valence-electron chi connectivity index (χ1n) is 7.95. The number of carbonyl (C=O) groups excluding carboxylic acids is 1. The lowest BCUT2D eigenvalue weighted by molar-refractivity contribution is -0.136. The maximum Gasteiger partial charge on any atom is 0.236 e. The number of carbonyl (C=O) groups is 1. The maximum atomic E-state index is 12.3. The zero-order valence-corrected chi connectivity index (χ0v) is 13.5. The SMILES string of the molecule is COc1cc(N2CCN(CC(=O)N3CCOCC3)CC2)ncn1. The number of rotatable bonds is 4. The van der Waals surface area contributed by atoms with Crippen LogP contribution in [0.4, 0.5) is 5.82 Å². The van der Waals surface area contributed by atoms with Gasteiger partial charge in [0, 0.05) is 45.3 Å². The van der Waals surface area contributed by atoms with Crippen LogP contribution in [0.3, 0.4) is 0 Å². The number of amides is 1. The lowest BCUT2D eigenvalue weighted by Gasteiger charge is -2.36. The third kappa shape index (κ3) is 4.08. The van der Waals surface area contributed by atoms with Crippen molar-refractivity contribution in [2.75, 3.05) is 71.0 Å². The Morgan fingerprint density at radius 2 is 1.91 bits per heavy atom. The molecule has 2 saturated heterocycles. The van der Waals surface area contributed by atoms with E-state index in [1.165, 1.54) is 6.33 Å². The van der Waals surface area contributed by atoms with Crippen LogP contribution >= 0.6 is 0 Å². The van der Waals surface area contributed by atoms with Gasteiger partial charge in [-0.25, -0.2) is 9.97 Å². The molecule has 1 aromatic heterocycles. The van der Waals surface area contributed by atoms with Crippen LogP contribution in [-0.2, 0) is 9.53 Å². The molecule has 126 valence electrons.